The number of nitrogens with one attached hydrogen (secondary N) is 1. The van der Waals surface area contributed by atoms with E-state index < -0.39 is 5.54 Å². The molecule has 0 radical (unpaired) electrons. The Labute approximate surface area is 147 Å². The third-order valence-corrected chi connectivity index (χ3v) is 4.69. The first-order valence-electron chi connectivity index (χ1n) is 8.41. The van der Waals surface area contributed by atoms with Crippen LogP contribution in [0.15, 0.2) is 91.0 Å². The zero-order chi connectivity index (χ0) is 17.1. The van der Waals surface area contributed by atoms with Gasteiger partial charge in [-0.15, -0.1) is 0 Å². The topological polar surface area (TPSA) is 38.3 Å². The minimum atomic E-state index is -0.617. The fourth-order valence-corrected chi connectivity index (χ4v) is 3.41. The van der Waals surface area contributed by atoms with Gasteiger partial charge in [0.2, 0.25) is 0 Å². The number of carbonyl (C=O) groups excluding carboxylic acids is 1. The smallest absolute Gasteiger partial charge is 0.326 e. The molecular weight excluding hydrogens is 310 g/mol. The summed E-state index contributed by atoms with van der Waals surface area (Å²) in [6.45, 7) is 0.396. The van der Waals surface area contributed by atoms with Crippen molar-refractivity contribution in [2.24, 2.45) is 0 Å². The zero-order valence-corrected chi connectivity index (χ0v) is 13.8. The van der Waals surface area contributed by atoms with Gasteiger partial charge in [0.05, 0.1) is 5.54 Å². The molecule has 25 heavy (non-hydrogen) atoms. The Morgan fingerprint density at radius 1 is 0.720 bits per heavy atom. The van der Waals surface area contributed by atoms with E-state index in [2.05, 4.69) is 41.7 Å². The molecule has 0 amide bonds. The molecule has 124 valence electrons. The van der Waals surface area contributed by atoms with Crippen LogP contribution in [0.4, 0.5) is 0 Å². The number of esters is 1. The average Bonchev–Trinajstić information content (AvgIpc) is 2.70. The van der Waals surface area contributed by atoms with Gasteiger partial charge in [0.15, 0.2) is 0 Å². The third kappa shape index (κ3) is 2.73. The summed E-state index contributed by atoms with van der Waals surface area (Å²) in [6, 6.07) is 30.4. The molecule has 3 heteroatoms. The summed E-state index contributed by atoms with van der Waals surface area (Å²) in [5.41, 5.74) is 2.65. The number of cyclic esters (lactones) is 1. The maximum absolute atomic E-state index is 11.9. The highest BCUT2D eigenvalue weighted by molar-refractivity contribution is 5.81. The summed E-state index contributed by atoms with van der Waals surface area (Å²) in [6.07, 6.45) is 0. The molecule has 1 N–H and O–H groups in total. The van der Waals surface area contributed by atoms with E-state index in [1.54, 1.807) is 0 Å². The highest BCUT2D eigenvalue weighted by Gasteiger charge is 2.43. The normalized spacial score (nSPS) is 16.8. The lowest BCUT2D eigenvalue weighted by Crippen LogP contribution is -2.59. The Balaban J connectivity index is 1.95. The number of rotatable bonds is 5. The van der Waals surface area contributed by atoms with Crippen molar-refractivity contribution < 1.29 is 9.53 Å². The monoisotopic (exact) mass is 329 g/mol. The Kier molecular flexibility index (Phi) is 4.08. The van der Waals surface area contributed by atoms with Crippen LogP contribution in [0.3, 0.4) is 0 Å². The average molecular weight is 329 g/mol. The second kappa shape index (κ2) is 6.54. The number of ether oxygens (including phenoxy) is 1. The summed E-state index contributed by atoms with van der Waals surface area (Å²) in [7, 11) is 0. The van der Waals surface area contributed by atoms with Crippen molar-refractivity contribution >= 4 is 5.97 Å². The van der Waals surface area contributed by atoms with Crippen molar-refractivity contribution in [2.45, 2.75) is 11.6 Å². The molecule has 1 fully saturated rings. The summed E-state index contributed by atoms with van der Waals surface area (Å²) in [5.74, 6) is -0.202. The Hall–Kier alpha value is -2.91. The fourth-order valence-electron chi connectivity index (χ4n) is 3.41. The van der Waals surface area contributed by atoms with E-state index in [1.165, 1.54) is 0 Å². The van der Waals surface area contributed by atoms with Crippen molar-refractivity contribution in [3.05, 3.63) is 108 Å². The lowest BCUT2D eigenvalue weighted by molar-refractivity contribution is -0.163. The predicted molar refractivity (Wildman–Crippen MR) is 97.1 cm³/mol. The van der Waals surface area contributed by atoms with Gasteiger partial charge in [0.1, 0.15) is 12.6 Å². The van der Waals surface area contributed by atoms with Crippen molar-refractivity contribution in [3.8, 4) is 0 Å². The number of carbonyl (C=O) groups is 1. The van der Waals surface area contributed by atoms with Gasteiger partial charge in [-0.2, -0.15) is 0 Å². The molecule has 4 rings (SSSR count). The van der Waals surface area contributed by atoms with E-state index in [0.717, 1.165) is 16.7 Å². The van der Waals surface area contributed by atoms with Crippen LogP contribution < -0.4 is 5.32 Å². The van der Waals surface area contributed by atoms with Crippen molar-refractivity contribution in [3.63, 3.8) is 0 Å². The molecule has 3 aromatic rings. The quantitative estimate of drug-likeness (QED) is 0.575. The number of hydrogen-bond donors (Lipinski definition) is 1. The van der Waals surface area contributed by atoms with E-state index in [9.17, 15) is 4.79 Å². The highest BCUT2D eigenvalue weighted by atomic mass is 16.6. The van der Waals surface area contributed by atoms with E-state index in [1.807, 2.05) is 54.6 Å². The van der Waals surface area contributed by atoms with Crippen LogP contribution in [-0.4, -0.2) is 18.6 Å². The largest absolute Gasteiger partial charge is 0.462 e. The maximum atomic E-state index is 11.9. The molecule has 1 saturated heterocycles. The van der Waals surface area contributed by atoms with Crippen LogP contribution in [0.1, 0.15) is 16.7 Å². The molecule has 1 atom stereocenters. The van der Waals surface area contributed by atoms with Gasteiger partial charge in [-0.05, 0) is 16.7 Å². The van der Waals surface area contributed by atoms with Crippen LogP contribution in [-0.2, 0) is 15.1 Å². The molecule has 3 aromatic carbocycles. The van der Waals surface area contributed by atoms with E-state index >= 15 is 0 Å². The molecule has 0 bridgehead atoms. The first-order chi connectivity index (χ1) is 12.3. The molecule has 0 saturated carbocycles. The zero-order valence-electron chi connectivity index (χ0n) is 13.8. The van der Waals surface area contributed by atoms with Crippen LogP contribution in [0, 0.1) is 0 Å². The second-order valence-corrected chi connectivity index (χ2v) is 6.18. The summed E-state index contributed by atoms with van der Waals surface area (Å²) in [4.78, 5) is 11.9. The van der Waals surface area contributed by atoms with Crippen LogP contribution in [0.25, 0.3) is 0 Å². The van der Waals surface area contributed by atoms with Crippen molar-refractivity contribution in [2.75, 3.05) is 6.61 Å². The van der Waals surface area contributed by atoms with Gasteiger partial charge in [0.25, 0.3) is 0 Å². The number of benzene rings is 3. The second-order valence-electron chi connectivity index (χ2n) is 6.18. The highest BCUT2D eigenvalue weighted by Crippen LogP contribution is 2.37. The molecule has 1 heterocycles. The fraction of sp³-hybridized carbons (Fsp3) is 0.136. The van der Waals surface area contributed by atoms with E-state index in [0.29, 0.717) is 6.61 Å². The van der Waals surface area contributed by atoms with Gasteiger partial charge < -0.3 is 4.74 Å². The molecule has 1 aliphatic heterocycles. The molecule has 0 aromatic heterocycles. The SMILES string of the molecule is O=C1OC[C@H]1NC(c1ccccc1)(c1ccccc1)c1ccccc1. The van der Waals surface area contributed by atoms with E-state index in [-0.39, 0.29) is 12.0 Å². The Morgan fingerprint density at radius 3 is 1.40 bits per heavy atom. The van der Waals surface area contributed by atoms with Gasteiger partial charge in [-0.1, -0.05) is 91.0 Å². The first-order valence-corrected chi connectivity index (χ1v) is 8.41. The summed E-state index contributed by atoms with van der Waals surface area (Å²) in [5, 5.41) is 3.59. The lowest BCUT2D eigenvalue weighted by atomic mass is 9.76. The maximum Gasteiger partial charge on any atom is 0.326 e. The summed E-state index contributed by atoms with van der Waals surface area (Å²) < 4.78 is 5.00. The molecule has 0 unspecified atom stereocenters. The standard InChI is InChI=1S/C22H19NO2/c24-21-20(16-25-21)23-22(17-10-4-1-5-11-17,18-12-6-2-7-13-18)19-14-8-3-9-15-19/h1-15,20,23H,16H2/t20-/m1/s1. The predicted octanol–water partition coefficient (Wildman–Crippen LogP) is 3.49. The Bertz CT molecular complexity index is 750. The van der Waals surface area contributed by atoms with Gasteiger partial charge in [0, 0.05) is 0 Å². The van der Waals surface area contributed by atoms with Gasteiger partial charge in [-0.3, -0.25) is 10.1 Å². The van der Waals surface area contributed by atoms with Crippen LogP contribution in [0.2, 0.25) is 0 Å². The molecular formula is C22H19NO2. The molecule has 0 spiro atoms. The summed E-state index contributed by atoms with van der Waals surface area (Å²) >= 11 is 0. The number of hydrogen-bond acceptors (Lipinski definition) is 3. The van der Waals surface area contributed by atoms with Crippen molar-refractivity contribution in [1.82, 2.24) is 5.32 Å². The molecule has 3 nitrogen and oxygen atoms in total. The lowest BCUT2D eigenvalue weighted by Gasteiger charge is -2.41. The van der Waals surface area contributed by atoms with Crippen LogP contribution >= 0.6 is 0 Å². The van der Waals surface area contributed by atoms with E-state index in [4.69, 9.17) is 4.74 Å². The first kappa shape index (κ1) is 15.6. The van der Waals surface area contributed by atoms with Gasteiger partial charge in [-0.25, -0.2) is 0 Å². The Morgan fingerprint density at radius 2 is 1.12 bits per heavy atom. The minimum absolute atomic E-state index is 0.202. The van der Waals surface area contributed by atoms with Crippen LogP contribution in [0.5, 0.6) is 0 Å². The third-order valence-electron chi connectivity index (χ3n) is 4.69. The molecule has 0 aliphatic carbocycles. The van der Waals surface area contributed by atoms with Gasteiger partial charge >= 0.3 is 5.97 Å². The van der Waals surface area contributed by atoms with Crippen molar-refractivity contribution in [1.29, 1.82) is 0 Å². The molecule has 1 aliphatic rings. The minimum Gasteiger partial charge on any atom is -0.462 e.